The third kappa shape index (κ3) is 3.76. The Hall–Kier alpha value is -1.93. The second-order valence-corrected chi connectivity index (χ2v) is 5.51. The first-order valence-electron chi connectivity index (χ1n) is 5.58. The second kappa shape index (κ2) is 6.30. The third-order valence-corrected chi connectivity index (χ3v) is 3.82. The molecule has 0 radical (unpaired) electrons. The first kappa shape index (κ1) is 13.5. The Kier molecular flexibility index (Phi) is 4.47. The van der Waals surface area contributed by atoms with Crippen molar-refractivity contribution < 1.29 is 9.18 Å². The van der Waals surface area contributed by atoms with E-state index in [1.165, 1.54) is 16.5 Å². The fourth-order valence-corrected chi connectivity index (χ4v) is 2.25. The van der Waals surface area contributed by atoms with Crippen LogP contribution in [0.1, 0.15) is 0 Å². The molecule has 0 aliphatic heterocycles. The second-order valence-electron chi connectivity index (χ2n) is 3.76. The first-order valence-corrected chi connectivity index (χ1v) is 7.85. The summed E-state index contributed by atoms with van der Waals surface area (Å²) < 4.78 is 14.5. The molecule has 3 nitrogen and oxygen atoms in total. The molecule has 0 spiro atoms. The number of urea groups is 1. The van der Waals surface area contributed by atoms with E-state index in [0.29, 0.717) is 5.69 Å². The van der Waals surface area contributed by atoms with Crippen molar-refractivity contribution in [1.82, 2.24) is 0 Å². The van der Waals surface area contributed by atoms with E-state index in [1.807, 2.05) is 12.1 Å². The van der Waals surface area contributed by atoms with Crippen LogP contribution in [0, 0.1) is 5.82 Å². The van der Waals surface area contributed by atoms with Crippen molar-refractivity contribution in [1.29, 1.82) is 0 Å². The number of anilines is 2. The van der Waals surface area contributed by atoms with Crippen LogP contribution in [0.15, 0.2) is 48.5 Å². The molecule has 0 atom stereocenters. The molecular weight excluding hydrogens is 306 g/mol. The van der Waals surface area contributed by atoms with E-state index in [0.717, 1.165) is 0 Å². The number of amides is 2. The van der Waals surface area contributed by atoms with Gasteiger partial charge < -0.3 is 0 Å². The zero-order valence-electron chi connectivity index (χ0n) is 10.1. The predicted octanol–water partition coefficient (Wildman–Crippen LogP) is 2.23. The summed E-state index contributed by atoms with van der Waals surface area (Å²) in [5.74, 6) is -0.464. The molecule has 0 saturated carbocycles. The van der Waals surface area contributed by atoms with Crippen molar-refractivity contribution in [2.45, 2.75) is 0 Å². The molecule has 0 fully saturated rings. The average Bonchev–Trinajstić information content (AvgIpc) is 2.42. The first-order chi connectivity index (χ1) is 9.19. The molecule has 0 heterocycles. The van der Waals surface area contributed by atoms with Crippen LogP contribution in [-0.4, -0.2) is 26.7 Å². The summed E-state index contributed by atoms with van der Waals surface area (Å²) in [5.41, 5.74) is 0.812. The van der Waals surface area contributed by atoms with Crippen molar-refractivity contribution in [2.75, 3.05) is 10.6 Å². The number of rotatable bonds is 3. The van der Waals surface area contributed by atoms with E-state index in [9.17, 15) is 9.18 Å². The number of nitrogens with one attached hydrogen (secondary N) is 2. The van der Waals surface area contributed by atoms with Gasteiger partial charge in [0, 0.05) is 0 Å². The van der Waals surface area contributed by atoms with E-state index in [2.05, 4.69) is 15.9 Å². The number of para-hydroxylation sites is 1. The van der Waals surface area contributed by atoms with Crippen molar-refractivity contribution in [3.63, 3.8) is 0 Å². The Bertz CT molecular complexity index is 599. The van der Waals surface area contributed by atoms with E-state index in [1.54, 1.807) is 24.3 Å². The van der Waals surface area contributed by atoms with Gasteiger partial charge in [0.25, 0.3) is 0 Å². The van der Waals surface area contributed by atoms with Crippen LogP contribution in [0.3, 0.4) is 0 Å². The minimum atomic E-state index is -0.472. The Morgan fingerprint density at radius 2 is 1.74 bits per heavy atom. The van der Waals surface area contributed by atoms with E-state index in [4.69, 9.17) is 0 Å². The summed E-state index contributed by atoms with van der Waals surface area (Å²) in [5, 5.41) is 8.96. The minimum absolute atomic E-state index is 0.0654. The summed E-state index contributed by atoms with van der Waals surface area (Å²) in [7, 11) is 0. The van der Waals surface area contributed by atoms with E-state index < -0.39 is 11.8 Å². The maximum atomic E-state index is 13.3. The molecule has 2 N–H and O–H groups in total. The van der Waals surface area contributed by atoms with Gasteiger partial charge >= 0.3 is 117 Å². The van der Waals surface area contributed by atoms with E-state index >= 15 is 0 Å². The van der Waals surface area contributed by atoms with Gasteiger partial charge in [0.05, 0.1) is 0 Å². The van der Waals surface area contributed by atoms with Crippen molar-refractivity contribution in [2.24, 2.45) is 0 Å². The molecule has 2 aromatic carbocycles. The molecule has 2 aromatic rings. The summed E-state index contributed by atoms with van der Waals surface area (Å²) in [6.07, 6.45) is 0. The molecule has 0 bridgehead atoms. The van der Waals surface area contributed by atoms with Crippen molar-refractivity contribution in [3.05, 3.63) is 54.3 Å². The normalized spacial score (nSPS) is 10.2. The van der Waals surface area contributed by atoms with Gasteiger partial charge in [-0.05, 0) is 0 Å². The molecular formula is C14H12AsFN2O. The topological polar surface area (TPSA) is 41.1 Å². The molecule has 0 aliphatic rings. The average molecular weight is 318 g/mol. The van der Waals surface area contributed by atoms with Gasteiger partial charge in [-0.25, -0.2) is 0 Å². The van der Waals surface area contributed by atoms with Crippen LogP contribution < -0.4 is 15.0 Å². The van der Waals surface area contributed by atoms with E-state index in [-0.39, 0.29) is 21.0 Å². The van der Waals surface area contributed by atoms with Gasteiger partial charge in [-0.15, -0.1) is 0 Å². The number of benzene rings is 2. The quantitative estimate of drug-likeness (QED) is 0.837. The number of halogens is 1. The van der Waals surface area contributed by atoms with Gasteiger partial charge in [0.2, 0.25) is 0 Å². The molecule has 19 heavy (non-hydrogen) atoms. The van der Waals surface area contributed by atoms with Crippen LogP contribution in [0.2, 0.25) is 0 Å². The Morgan fingerprint density at radius 3 is 2.37 bits per heavy atom. The SMILES string of the molecule is C=[As]c1ccc(NC(=O)Nc2ccccc2F)cc1. The number of carbonyl (C=O) groups excluding carboxylic acids is 1. The van der Waals surface area contributed by atoms with Crippen molar-refractivity contribution >= 4 is 42.4 Å². The molecule has 0 saturated heterocycles. The maximum absolute atomic E-state index is 13.3. The summed E-state index contributed by atoms with van der Waals surface area (Å²) in [6, 6.07) is 13.0. The van der Waals surface area contributed by atoms with Gasteiger partial charge in [-0.3, -0.25) is 0 Å². The van der Waals surface area contributed by atoms with Gasteiger partial charge in [-0.1, -0.05) is 0 Å². The van der Waals surface area contributed by atoms with Crippen molar-refractivity contribution in [3.8, 4) is 0 Å². The van der Waals surface area contributed by atoms with Crippen LogP contribution >= 0.6 is 0 Å². The molecule has 2 amide bonds. The zero-order chi connectivity index (χ0) is 13.7. The van der Waals surface area contributed by atoms with Gasteiger partial charge in [0.15, 0.2) is 0 Å². The van der Waals surface area contributed by atoms with Crippen LogP contribution in [0.4, 0.5) is 20.6 Å². The predicted molar refractivity (Wildman–Crippen MR) is 78.0 cm³/mol. The van der Waals surface area contributed by atoms with Gasteiger partial charge in [0.1, 0.15) is 0 Å². The third-order valence-electron chi connectivity index (χ3n) is 2.43. The molecule has 96 valence electrons. The molecule has 0 aromatic heterocycles. The fourth-order valence-electron chi connectivity index (χ4n) is 1.50. The fraction of sp³-hybridized carbons (Fsp3) is 0. The van der Waals surface area contributed by atoms with Crippen LogP contribution in [0.5, 0.6) is 0 Å². The number of carbonyl (C=O) groups is 1. The molecule has 2 rings (SSSR count). The summed E-state index contributed by atoms with van der Waals surface area (Å²) in [4.78, 5) is 11.7. The summed E-state index contributed by atoms with van der Waals surface area (Å²) >= 11 is -0.0654. The van der Waals surface area contributed by atoms with Crippen LogP contribution in [0.25, 0.3) is 0 Å². The standard InChI is InChI=1S/C14H12AsFN2O/c1-15-10-6-8-11(9-7-10)17-14(19)18-13-5-3-2-4-12(13)16/h2-9H,1H2,(H2,17,18,19). The van der Waals surface area contributed by atoms with Gasteiger partial charge in [-0.2, -0.15) is 0 Å². The zero-order valence-corrected chi connectivity index (χ0v) is 11.9. The summed E-state index contributed by atoms with van der Waals surface area (Å²) in [6.45, 7) is 0. The monoisotopic (exact) mass is 318 g/mol. The molecule has 0 aliphatic carbocycles. The molecule has 0 unspecified atom stereocenters. The Morgan fingerprint density at radius 1 is 1.05 bits per heavy atom. The molecule has 5 heteroatoms. The van der Waals surface area contributed by atoms with Crippen LogP contribution in [-0.2, 0) is 0 Å². The Labute approximate surface area is 117 Å². The Balaban J connectivity index is 2.01. The number of hydrogen-bond acceptors (Lipinski definition) is 1. The number of hydrogen-bond donors (Lipinski definition) is 2.